The van der Waals surface area contributed by atoms with Gasteiger partial charge in [-0.05, 0) is 24.7 Å². The van der Waals surface area contributed by atoms with Crippen LogP contribution in [0.5, 0.6) is 0 Å². The molecule has 0 nitrogen and oxygen atoms in total. The molecule has 1 aliphatic rings. The van der Waals surface area contributed by atoms with Gasteiger partial charge in [0.15, 0.2) is 0 Å². The zero-order valence-corrected chi connectivity index (χ0v) is 6.61. The molecule has 1 aliphatic carbocycles. The van der Waals surface area contributed by atoms with Crippen molar-refractivity contribution in [3.05, 3.63) is 5.92 Å². The molecule has 0 heterocycles. The molecule has 53 valence electrons. The zero-order valence-electron chi connectivity index (χ0n) is 6.61. The van der Waals surface area contributed by atoms with E-state index >= 15 is 0 Å². The van der Waals surface area contributed by atoms with E-state index in [2.05, 4.69) is 13.8 Å². The second-order valence-corrected chi connectivity index (χ2v) is 3.49. The maximum atomic E-state index is 2.37. The van der Waals surface area contributed by atoms with Crippen molar-refractivity contribution in [3.8, 4) is 0 Å². The molecule has 0 aromatic heterocycles. The van der Waals surface area contributed by atoms with Crippen molar-refractivity contribution in [1.82, 2.24) is 0 Å². The predicted molar refractivity (Wildman–Crippen MR) is 41.2 cm³/mol. The van der Waals surface area contributed by atoms with E-state index in [4.69, 9.17) is 0 Å². The van der Waals surface area contributed by atoms with Gasteiger partial charge in [-0.15, -0.1) is 0 Å². The lowest BCUT2D eigenvalue weighted by Crippen LogP contribution is -1.90. The van der Waals surface area contributed by atoms with Crippen LogP contribution < -0.4 is 0 Å². The van der Waals surface area contributed by atoms with Crippen LogP contribution in [0.4, 0.5) is 0 Å². The maximum absolute atomic E-state index is 2.37. The van der Waals surface area contributed by atoms with Crippen LogP contribution in [0.25, 0.3) is 0 Å². The van der Waals surface area contributed by atoms with Crippen molar-refractivity contribution in [3.63, 3.8) is 0 Å². The Morgan fingerprint density at radius 3 is 2.78 bits per heavy atom. The van der Waals surface area contributed by atoms with E-state index in [0.29, 0.717) is 0 Å². The molecule has 1 saturated carbocycles. The molecule has 0 heteroatoms. The van der Waals surface area contributed by atoms with Gasteiger partial charge in [0, 0.05) is 0 Å². The first-order valence-electron chi connectivity index (χ1n) is 4.10. The topological polar surface area (TPSA) is 0 Å². The van der Waals surface area contributed by atoms with Crippen molar-refractivity contribution in [2.75, 3.05) is 0 Å². The lowest BCUT2D eigenvalue weighted by atomic mass is 10.0. The molecule has 9 heavy (non-hydrogen) atoms. The molecular weight excluding hydrogens is 108 g/mol. The minimum absolute atomic E-state index is 0.988. The number of hydrogen-bond acceptors (Lipinski definition) is 0. The van der Waals surface area contributed by atoms with E-state index < -0.39 is 0 Å². The Balaban J connectivity index is 2.25. The van der Waals surface area contributed by atoms with E-state index in [1.54, 1.807) is 5.92 Å². The van der Waals surface area contributed by atoms with Crippen LogP contribution in [0, 0.1) is 11.8 Å². The highest BCUT2D eigenvalue weighted by Crippen LogP contribution is 2.27. The SMILES string of the molecule is C[C]1CCCC(C)CC1. The molecule has 0 bridgehead atoms. The summed E-state index contributed by atoms with van der Waals surface area (Å²) in [6.07, 6.45) is 7.11. The van der Waals surface area contributed by atoms with E-state index in [1.807, 2.05) is 0 Å². The third-order valence-electron chi connectivity index (χ3n) is 2.36. The molecule has 0 N–H and O–H groups in total. The summed E-state index contributed by atoms with van der Waals surface area (Å²) in [5, 5.41) is 0. The zero-order chi connectivity index (χ0) is 6.69. The van der Waals surface area contributed by atoms with Gasteiger partial charge in [0.1, 0.15) is 0 Å². The normalized spacial score (nSPS) is 32.0. The molecule has 0 aliphatic heterocycles. The Bertz CT molecular complexity index is 66.1. The molecule has 0 amide bonds. The Kier molecular flexibility index (Phi) is 2.56. The van der Waals surface area contributed by atoms with E-state index in [-0.39, 0.29) is 0 Å². The number of hydrogen-bond donors (Lipinski definition) is 0. The quantitative estimate of drug-likeness (QED) is 0.436. The summed E-state index contributed by atoms with van der Waals surface area (Å²) in [6.45, 7) is 4.68. The first kappa shape index (κ1) is 7.11. The van der Waals surface area contributed by atoms with Crippen LogP contribution in [0.2, 0.25) is 0 Å². The molecule has 1 radical (unpaired) electrons. The minimum Gasteiger partial charge on any atom is -0.0625 e. The molecule has 0 aromatic carbocycles. The summed E-state index contributed by atoms with van der Waals surface area (Å²) in [6, 6.07) is 0. The van der Waals surface area contributed by atoms with Gasteiger partial charge >= 0.3 is 0 Å². The molecule has 0 saturated heterocycles. The molecule has 1 fully saturated rings. The fourth-order valence-electron chi connectivity index (χ4n) is 1.51. The highest BCUT2D eigenvalue weighted by molar-refractivity contribution is 4.86. The summed E-state index contributed by atoms with van der Waals surface area (Å²) in [5.74, 6) is 2.71. The van der Waals surface area contributed by atoms with Gasteiger partial charge in [-0.2, -0.15) is 0 Å². The lowest BCUT2D eigenvalue weighted by molar-refractivity contribution is 0.506. The second-order valence-electron chi connectivity index (χ2n) is 3.49. The lowest BCUT2D eigenvalue weighted by Gasteiger charge is -2.04. The first-order chi connectivity index (χ1) is 4.29. The third kappa shape index (κ3) is 2.38. The maximum Gasteiger partial charge on any atom is -0.0272 e. The summed E-state index contributed by atoms with van der Waals surface area (Å²) >= 11 is 0. The first-order valence-corrected chi connectivity index (χ1v) is 4.10. The molecule has 1 atom stereocenters. The molecule has 1 unspecified atom stereocenters. The second kappa shape index (κ2) is 3.24. The van der Waals surface area contributed by atoms with Crippen molar-refractivity contribution < 1.29 is 0 Å². The summed E-state index contributed by atoms with van der Waals surface area (Å²) in [4.78, 5) is 0. The molecule has 0 aromatic rings. The van der Waals surface area contributed by atoms with Gasteiger partial charge in [-0.25, -0.2) is 0 Å². The minimum atomic E-state index is 0.988. The van der Waals surface area contributed by atoms with Crippen molar-refractivity contribution in [1.29, 1.82) is 0 Å². The Hall–Kier alpha value is 0. The van der Waals surface area contributed by atoms with Gasteiger partial charge in [-0.1, -0.05) is 33.1 Å². The van der Waals surface area contributed by atoms with Crippen molar-refractivity contribution in [2.24, 2.45) is 5.92 Å². The molecule has 1 rings (SSSR count). The predicted octanol–water partition coefficient (Wildman–Crippen LogP) is 3.18. The van der Waals surface area contributed by atoms with Gasteiger partial charge in [0.2, 0.25) is 0 Å². The van der Waals surface area contributed by atoms with Crippen molar-refractivity contribution in [2.45, 2.75) is 46.0 Å². The summed E-state index contributed by atoms with van der Waals surface area (Å²) in [7, 11) is 0. The fraction of sp³-hybridized carbons (Fsp3) is 0.889. The Morgan fingerprint density at radius 2 is 2.00 bits per heavy atom. The molecule has 0 spiro atoms. The highest BCUT2D eigenvalue weighted by Gasteiger charge is 2.11. The van der Waals surface area contributed by atoms with E-state index in [0.717, 1.165) is 5.92 Å². The van der Waals surface area contributed by atoms with Crippen LogP contribution in [0.15, 0.2) is 0 Å². The van der Waals surface area contributed by atoms with Gasteiger partial charge in [0.05, 0.1) is 0 Å². The average molecular weight is 125 g/mol. The summed E-state index contributed by atoms with van der Waals surface area (Å²) in [5.41, 5.74) is 0. The largest absolute Gasteiger partial charge is 0.0625 e. The average Bonchev–Trinajstić information content (AvgIpc) is 1.97. The number of rotatable bonds is 0. The monoisotopic (exact) mass is 125 g/mol. The molecular formula is C9H17. The Morgan fingerprint density at radius 1 is 1.22 bits per heavy atom. The van der Waals surface area contributed by atoms with E-state index in [1.165, 1.54) is 32.1 Å². The van der Waals surface area contributed by atoms with Crippen LogP contribution in [-0.2, 0) is 0 Å². The smallest absolute Gasteiger partial charge is 0.0272 e. The van der Waals surface area contributed by atoms with E-state index in [9.17, 15) is 0 Å². The summed E-state index contributed by atoms with van der Waals surface area (Å²) < 4.78 is 0. The third-order valence-corrected chi connectivity index (χ3v) is 2.36. The standard InChI is InChI=1S/C9H17/c1-8-4-3-5-9(2)7-6-8/h8H,3-7H2,1-2H3. The van der Waals surface area contributed by atoms with Crippen LogP contribution >= 0.6 is 0 Å². The fourth-order valence-corrected chi connectivity index (χ4v) is 1.51. The van der Waals surface area contributed by atoms with Gasteiger partial charge < -0.3 is 0 Å². The van der Waals surface area contributed by atoms with Crippen LogP contribution in [0.1, 0.15) is 46.0 Å². The van der Waals surface area contributed by atoms with Gasteiger partial charge in [0.25, 0.3) is 0 Å². The van der Waals surface area contributed by atoms with Crippen molar-refractivity contribution >= 4 is 0 Å². The Labute approximate surface area is 58.7 Å². The van der Waals surface area contributed by atoms with Crippen LogP contribution in [0.3, 0.4) is 0 Å². The van der Waals surface area contributed by atoms with Gasteiger partial charge in [-0.3, -0.25) is 0 Å². The van der Waals surface area contributed by atoms with Crippen LogP contribution in [-0.4, -0.2) is 0 Å². The highest BCUT2D eigenvalue weighted by atomic mass is 14.2.